The molecule has 0 heterocycles. The first-order valence-electron chi connectivity index (χ1n) is 5.21. The zero-order chi connectivity index (χ0) is 12.0. The number of ether oxygens (including phenoxy) is 2. The van der Waals surface area contributed by atoms with Crippen LogP contribution in [-0.4, -0.2) is 27.1 Å². The van der Waals surface area contributed by atoms with Crippen molar-refractivity contribution in [3.8, 4) is 0 Å². The van der Waals surface area contributed by atoms with Gasteiger partial charge in [0.05, 0.1) is 0 Å². The lowest BCUT2D eigenvalue weighted by molar-refractivity contribution is -0.134. The predicted octanol–water partition coefficient (Wildman–Crippen LogP) is 1.56. The van der Waals surface area contributed by atoms with E-state index >= 15 is 0 Å². The molecule has 1 aromatic carbocycles. The summed E-state index contributed by atoms with van der Waals surface area (Å²) in [6, 6.07) is 6.38. The van der Waals surface area contributed by atoms with Gasteiger partial charge in [0.15, 0.2) is 6.29 Å². The minimum absolute atomic E-state index is 0.0699. The maximum Gasteiger partial charge on any atom is 0.161 e. The van der Waals surface area contributed by atoms with Crippen LogP contribution in [0, 0.1) is 11.7 Å². The molecule has 0 aliphatic carbocycles. The molecular formula is C12H18FNO2. The van der Waals surface area contributed by atoms with Crippen LogP contribution in [0.15, 0.2) is 24.3 Å². The standard InChI is InChI=1S/C12H18FNO2/c1-15-12(16-2)10(8-14)7-9-3-5-11(13)6-4-9/h3-6,10,12H,7-8,14H2,1-2H3. The highest BCUT2D eigenvalue weighted by Crippen LogP contribution is 2.15. The van der Waals surface area contributed by atoms with Crippen molar-refractivity contribution < 1.29 is 13.9 Å². The molecule has 0 radical (unpaired) electrons. The van der Waals surface area contributed by atoms with E-state index in [0.29, 0.717) is 13.0 Å². The van der Waals surface area contributed by atoms with Crippen LogP contribution in [0.1, 0.15) is 5.56 Å². The molecule has 0 saturated carbocycles. The lowest BCUT2D eigenvalue weighted by Crippen LogP contribution is -2.32. The Balaban J connectivity index is 2.65. The van der Waals surface area contributed by atoms with E-state index in [4.69, 9.17) is 15.2 Å². The summed E-state index contributed by atoms with van der Waals surface area (Å²) in [5.41, 5.74) is 6.69. The van der Waals surface area contributed by atoms with Crippen molar-refractivity contribution in [2.75, 3.05) is 20.8 Å². The zero-order valence-electron chi connectivity index (χ0n) is 9.65. The normalized spacial score (nSPS) is 13.1. The molecule has 4 heteroatoms. The number of hydrogen-bond donors (Lipinski definition) is 1. The van der Waals surface area contributed by atoms with Gasteiger partial charge in [0.25, 0.3) is 0 Å². The average Bonchev–Trinajstić information content (AvgIpc) is 2.32. The minimum atomic E-state index is -0.324. The van der Waals surface area contributed by atoms with Crippen molar-refractivity contribution in [3.05, 3.63) is 35.6 Å². The molecule has 3 nitrogen and oxygen atoms in total. The number of halogens is 1. The third-order valence-corrected chi connectivity index (χ3v) is 2.56. The summed E-state index contributed by atoms with van der Waals surface area (Å²) < 4.78 is 23.1. The minimum Gasteiger partial charge on any atom is -0.356 e. The lowest BCUT2D eigenvalue weighted by Gasteiger charge is -2.23. The van der Waals surface area contributed by atoms with Crippen molar-refractivity contribution >= 4 is 0 Å². The average molecular weight is 227 g/mol. The van der Waals surface area contributed by atoms with Crippen LogP contribution in [0.5, 0.6) is 0 Å². The molecule has 2 N–H and O–H groups in total. The molecule has 1 atom stereocenters. The van der Waals surface area contributed by atoms with Gasteiger partial charge >= 0.3 is 0 Å². The number of methoxy groups -OCH3 is 2. The number of hydrogen-bond acceptors (Lipinski definition) is 3. The van der Waals surface area contributed by atoms with Gasteiger partial charge in [0.2, 0.25) is 0 Å². The van der Waals surface area contributed by atoms with Crippen molar-refractivity contribution in [1.29, 1.82) is 0 Å². The van der Waals surface area contributed by atoms with Crippen molar-refractivity contribution in [2.24, 2.45) is 11.7 Å². The monoisotopic (exact) mass is 227 g/mol. The maximum absolute atomic E-state index is 12.7. The molecule has 0 bridgehead atoms. The Morgan fingerprint density at radius 3 is 2.19 bits per heavy atom. The topological polar surface area (TPSA) is 44.5 Å². The van der Waals surface area contributed by atoms with Gasteiger partial charge in [-0.3, -0.25) is 0 Å². The van der Waals surface area contributed by atoms with E-state index in [2.05, 4.69) is 0 Å². The first-order valence-corrected chi connectivity index (χ1v) is 5.21. The van der Waals surface area contributed by atoms with Crippen LogP contribution in [0.2, 0.25) is 0 Å². The first kappa shape index (κ1) is 13.1. The molecule has 0 aliphatic heterocycles. The Bertz CT molecular complexity index is 298. The lowest BCUT2D eigenvalue weighted by atomic mass is 9.99. The molecule has 0 aromatic heterocycles. The molecule has 0 fully saturated rings. The van der Waals surface area contributed by atoms with Crippen molar-refractivity contribution in [1.82, 2.24) is 0 Å². The van der Waals surface area contributed by atoms with E-state index in [1.54, 1.807) is 26.4 Å². The van der Waals surface area contributed by atoms with E-state index in [-0.39, 0.29) is 18.0 Å². The second kappa shape index (κ2) is 6.58. The van der Waals surface area contributed by atoms with E-state index in [1.807, 2.05) is 0 Å². The predicted molar refractivity (Wildman–Crippen MR) is 60.5 cm³/mol. The number of benzene rings is 1. The Morgan fingerprint density at radius 1 is 1.19 bits per heavy atom. The molecule has 0 aliphatic rings. The van der Waals surface area contributed by atoms with Crippen molar-refractivity contribution in [3.63, 3.8) is 0 Å². The van der Waals surface area contributed by atoms with Crippen LogP contribution in [-0.2, 0) is 15.9 Å². The molecule has 1 aromatic rings. The molecule has 1 rings (SSSR count). The molecular weight excluding hydrogens is 209 g/mol. The smallest absolute Gasteiger partial charge is 0.161 e. The third kappa shape index (κ3) is 3.56. The fraction of sp³-hybridized carbons (Fsp3) is 0.500. The third-order valence-electron chi connectivity index (χ3n) is 2.56. The highest BCUT2D eigenvalue weighted by atomic mass is 19.1. The second-order valence-corrected chi connectivity index (χ2v) is 3.67. The van der Waals surface area contributed by atoms with E-state index < -0.39 is 0 Å². The maximum atomic E-state index is 12.7. The second-order valence-electron chi connectivity index (χ2n) is 3.67. The van der Waals surface area contributed by atoms with Crippen LogP contribution >= 0.6 is 0 Å². The quantitative estimate of drug-likeness (QED) is 0.750. The van der Waals surface area contributed by atoms with E-state index in [1.165, 1.54) is 12.1 Å². The zero-order valence-corrected chi connectivity index (χ0v) is 9.65. The van der Waals surface area contributed by atoms with Crippen LogP contribution in [0.3, 0.4) is 0 Å². The number of rotatable bonds is 6. The summed E-state index contributed by atoms with van der Waals surface area (Å²) >= 11 is 0. The molecule has 0 spiro atoms. The molecule has 0 amide bonds. The fourth-order valence-electron chi connectivity index (χ4n) is 1.70. The van der Waals surface area contributed by atoms with Gasteiger partial charge in [-0.05, 0) is 24.1 Å². The van der Waals surface area contributed by atoms with Gasteiger partial charge in [-0.2, -0.15) is 0 Å². The van der Waals surface area contributed by atoms with Crippen LogP contribution in [0.4, 0.5) is 4.39 Å². The van der Waals surface area contributed by atoms with Gasteiger partial charge in [0.1, 0.15) is 5.82 Å². The van der Waals surface area contributed by atoms with Gasteiger partial charge in [-0.15, -0.1) is 0 Å². The van der Waals surface area contributed by atoms with E-state index in [9.17, 15) is 4.39 Å². The first-order chi connectivity index (χ1) is 7.71. The van der Waals surface area contributed by atoms with Gasteiger partial charge in [-0.1, -0.05) is 12.1 Å². The summed E-state index contributed by atoms with van der Waals surface area (Å²) in [6.45, 7) is 0.462. The van der Waals surface area contributed by atoms with E-state index in [0.717, 1.165) is 5.56 Å². The van der Waals surface area contributed by atoms with Crippen LogP contribution < -0.4 is 5.73 Å². The fourth-order valence-corrected chi connectivity index (χ4v) is 1.70. The summed E-state index contributed by atoms with van der Waals surface area (Å²) in [4.78, 5) is 0. The number of nitrogens with two attached hydrogens (primary N) is 1. The highest BCUT2D eigenvalue weighted by molar-refractivity contribution is 5.16. The largest absolute Gasteiger partial charge is 0.356 e. The Kier molecular flexibility index (Phi) is 5.38. The summed E-state index contributed by atoms with van der Waals surface area (Å²) in [5.74, 6) is -0.163. The van der Waals surface area contributed by atoms with Gasteiger partial charge in [0, 0.05) is 26.7 Å². The van der Waals surface area contributed by atoms with Gasteiger partial charge in [-0.25, -0.2) is 4.39 Å². The molecule has 16 heavy (non-hydrogen) atoms. The summed E-state index contributed by atoms with van der Waals surface area (Å²) in [7, 11) is 3.17. The Labute approximate surface area is 95.4 Å². The molecule has 0 saturated heterocycles. The molecule has 1 unspecified atom stereocenters. The SMILES string of the molecule is COC(OC)C(CN)Cc1ccc(F)cc1. The molecule has 90 valence electrons. The summed E-state index contributed by atoms with van der Waals surface area (Å²) in [5, 5.41) is 0. The van der Waals surface area contributed by atoms with Crippen LogP contribution in [0.25, 0.3) is 0 Å². The Hall–Kier alpha value is -0.970. The Morgan fingerprint density at radius 2 is 1.75 bits per heavy atom. The highest BCUT2D eigenvalue weighted by Gasteiger charge is 2.19. The summed E-state index contributed by atoms with van der Waals surface area (Å²) in [6.07, 6.45) is 0.387. The van der Waals surface area contributed by atoms with Crippen molar-refractivity contribution in [2.45, 2.75) is 12.7 Å². The van der Waals surface area contributed by atoms with Gasteiger partial charge < -0.3 is 15.2 Å².